The van der Waals surface area contributed by atoms with Crippen molar-refractivity contribution in [2.75, 3.05) is 0 Å². The maximum absolute atomic E-state index is 10.3. The molecular formula is C16H26OS. The van der Waals surface area contributed by atoms with Crippen LogP contribution < -0.4 is 0 Å². The van der Waals surface area contributed by atoms with Crippen LogP contribution in [0.15, 0.2) is 6.07 Å². The summed E-state index contributed by atoms with van der Waals surface area (Å²) in [6.07, 6.45) is 9.56. The van der Waals surface area contributed by atoms with E-state index in [1.54, 1.807) is 4.88 Å². The van der Waals surface area contributed by atoms with E-state index >= 15 is 0 Å². The van der Waals surface area contributed by atoms with Crippen LogP contribution in [0.3, 0.4) is 0 Å². The van der Waals surface area contributed by atoms with Gasteiger partial charge in [0.25, 0.3) is 0 Å². The molecule has 1 N–H and O–H groups in total. The van der Waals surface area contributed by atoms with Crippen LogP contribution in [0.1, 0.15) is 73.8 Å². The summed E-state index contributed by atoms with van der Waals surface area (Å²) in [4.78, 5) is 2.76. The van der Waals surface area contributed by atoms with Crippen LogP contribution >= 0.6 is 11.3 Å². The van der Waals surface area contributed by atoms with Crippen molar-refractivity contribution in [2.45, 2.75) is 71.3 Å². The highest BCUT2D eigenvalue weighted by Crippen LogP contribution is 2.34. The number of aliphatic hydroxyl groups is 1. The van der Waals surface area contributed by atoms with Crippen LogP contribution in [0.25, 0.3) is 0 Å². The van der Waals surface area contributed by atoms with Gasteiger partial charge < -0.3 is 5.11 Å². The Morgan fingerprint density at radius 1 is 1.17 bits per heavy atom. The van der Waals surface area contributed by atoms with Crippen molar-refractivity contribution in [1.29, 1.82) is 0 Å². The first-order valence-electron chi connectivity index (χ1n) is 7.46. The molecule has 0 saturated heterocycles. The summed E-state index contributed by atoms with van der Waals surface area (Å²) in [6, 6.07) is 2.28. The van der Waals surface area contributed by atoms with Gasteiger partial charge in [0, 0.05) is 9.75 Å². The topological polar surface area (TPSA) is 20.2 Å². The second-order valence-corrected chi connectivity index (χ2v) is 7.17. The summed E-state index contributed by atoms with van der Waals surface area (Å²) in [5, 5.41) is 10.3. The molecule has 0 radical (unpaired) electrons. The standard InChI is InChI=1S/C16H26OS/c1-12(2)7-6-9-14(17)16-11-13-8-4-3-5-10-15(13)18-16/h11-12,14,17H,3-10H2,1-2H3. The highest BCUT2D eigenvalue weighted by atomic mass is 32.1. The molecule has 0 spiro atoms. The molecule has 102 valence electrons. The van der Waals surface area contributed by atoms with Crippen molar-refractivity contribution in [3.05, 3.63) is 21.4 Å². The molecule has 18 heavy (non-hydrogen) atoms. The lowest BCUT2D eigenvalue weighted by atomic mass is 10.0. The van der Waals surface area contributed by atoms with Gasteiger partial charge in [0.2, 0.25) is 0 Å². The highest BCUT2D eigenvalue weighted by Gasteiger charge is 2.16. The number of hydrogen-bond acceptors (Lipinski definition) is 2. The average Bonchev–Trinajstić information content (AvgIpc) is 2.60. The van der Waals surface area contributed by atoms with Gasteiger partial charge in [0.15, 0.2) is 0 Å². The first-order chi connectivity index (χ1) is 8.66. The molecule has 0 saturated carbocycles. The Bertz CT molecular complexity index is 344. The van der Waals surface area contributed by atoms with Gasteiger partial charge >= 0.3 is 0 Å². The molecule has 0 fully saturated rings. The molecule has 1 aromatic rings. The van der Waals surface area contributed by atoms with Crippen molar-refractivity contribution < 1.29 is 5.11 Å². The molecule has 0 amide bonds. The lowest BCUT2D eigenvalue weighted by molar-refractivity contribution is 0.165. The number of aliphatic hydroxyl groups excluding tert-OH is 1. The number of fused-ring (bicyclic) bond motifs is 1. The second-order valence-electron chi connectivity index (χ2n) is 6.00. The zero-order chi connectivity index (χ0) is 13.0. The summed E-state index contributed by atoms with van der Waals surface area (Å²) < 4.78 is 0. The molecule has 1 atom stereocenters. The van der Waals surface area contributed by atoms with Crippen molar-refractivity contribution in [3.8, 4) is 0 Å². The summed E-state index contributed by atoms with van der Waals surface area (Å²) in [5.74, 6) is 0.747. The van der Waals surface area contributed by atoms with Gasteiger partial charge in [-0.15, -0.1) is 11.3 Å². The Labute approximate surface area is 115 Å². The fourth-order valence-electron chi connectivity index (χ4n) is 2.72. The Morgan fingerprint density at radius 3 is 2.72 bits per heavy atom. The third kappa shape index (κ3) is 3.83. The highest BCUT2D eigenvalue weighted by molar-refractivity contribution is 7.12. The van der Waals surface area contributed by atoms with E-state index in [1.807, 2.05) is 11.3 Å². The van der Waals surface area contributed by atoms with Crippen LogP contribution in [0.4, 0.5) is 0 Å². The van der Waals surface area contributed by atoms with Gasteiger partial charge in [-0.2, -0.15) is 0 Å². The van der Waals surface area contributed by atoms with Gasteiger partial charge in [-0.3, -0.25) is 0 Å². The van der Waals surface area contributed by atoms with E-state index in [0.29, 0.717) is 0 Å². The summed E-state index contributed by atoms with van der Waals surface area (Å²) in [5.41, 5.74) is 1.52. The van der Waals surface area contributed by atoms with Gasteiger partial charge in [-0.05, 0) is 49.7 Å². The summed E-state index contributed by atoms with van der Waals surface area (Å²) in [7, 11) is 0. The third-order valence-electron chi connectivity index (χ3n) is 3.85. The lowest BCUT2D eigenvalue weighted by Gasteiger charge is -2.09. The van der Waals surface area contributed by atoms with Crippen LogP contribution in [-0.4, -0.2) is 5.11 Å². The molecule has 1 nitrogen and oxygen atoms in total. The number of hydrogen-bond donors (Lipinski definition) is 1. The Morgan fingerprint density at radius 2 is 1.94 bits per heavy atom. The molecule has 1 heterocycles. The molecule has 0 aliphatic heterocycles. The molecule has 1 aliphatic rings. The number of thiophene rings is 1. The summed E-state index contributed by atoms with van der Waals surface area (Å²) in [6.45, 7) is 4.50. The summed E-state index contributed by atoms with van der Waals surface area (Å²) >= 11 is 1.87. The van der Waals surface area contributed by atoms with Crippen LogP contribution in [0.2, 0.25) is 0 Å². The molecule has 1 unspecified atom stereocenters. The average molecular weight is 266 g/mol. The molecule has 2 heteroatoms. The SMILES string of the molecule is CC(C)CCCC(O)c1cc2c(s1)CCCCC2. The predicted molar refractivity (Wildman–Crippen MR) is 79.2 cm³/mol. The van der Waals surface area contributed by atoms with Crippen molar-refractivity contribution >= 4 is 11.3 Å². The smallest absolute Gasteiger partial charge is 0.0882 e. The minimum atomic E-state index is -0.222. The Balaban J connectivity index is 1.92. The molecule has 0 bridgehead atoms. The van der Waals surface area contributed by atoms with E-state index in [4.69, 9.17) is 0 Å². The minimum absolute atomic E-state index is 0.222. The Hall–Kier alpha value is -0.340. The van der Waals surface area contributed by atoms with E-state index in [-0.39, 0.29) is 6.10 Å². The van der Waals surface area contributed by atoms with Crippen molar-refractivity contribution in [1.82, 2.24) is 0 Å². The monoisotopic (exact) mass is 266 g/mol. The second kappa shape index (κ2) is 6.72. The van der Waals surface area contributed by atoms with E-state index in [0.717, 1.165) is 18.8 Å². The first-order valence-corrected chi connectivity index (χ1v) is 8.28. The zero-order valence-corrected chi connectivity index (χ0v) is 12.6. The van der Waals surface area contributed by atoms with Crippen LogP contribution in [0, 0.1) is 5.92 Å². The largest absolute Gasteiger partial charge is 0.388 e. The van der Waals surface area contributed by atoms with E-state index in [2.05, 4.69) is 19.9 Å². The Kier molecular flexibility index (Phi) is 5.25. The quantitative estimate of drug-likeness (QED) is 0.753. The molecular weight excluding hydrogens is 240 g/mol. The van der Waals surface area contributed by atoms with Crippen molar-refractivity contribution in [2.24, 2.45) is 5.92 Å². The maximum Gasteiger partial charge on any atom is 0.0882 e. The fraction of sp³-hybridized carbons (Fsp3) is 0.750. The van der Waals surface area contributed by atoms with Crippen LogP contribution in [-0.2, 0) is 12.8 Å². The third-order valence-corrected chi connectivity index (χ3v) is 5.19. The molecule has 1 aliphatic carbocycles. The van der Waals surface area contributed by atoms with Gasteiger partial charge in [0.1, 0.15) is 0 Å². The predicted octanol–water partition coefficient (Wildman–Crippen LogP) is 4.88. The molecule has 1 aromatic heterocycles. The van der Waals surface area contributed by atoms with Crippen molar-refractivity contribution in [3.63, 3.8) is 0 Å². The minimum Gasteiger partial charge on any atom is -0.388 e. The molecule has 0 aromatic carbocycles. The van der Waals surface area contributed by atoms with Gasteiger partial charge in [0.05, 0.1) is 6.10 Å². The first kappa shape index (κ1) is 14.1. The van der Waals surface area contributed by atoms with E-state index in [9.17, 15) is 5.11 Å². The van der Waals surface area contributed by atoms with Gasteiger partial charge in [-0.1, -0.05) is 33.1 Å². The lowest BCUT2D eigenvalue weighted by Crippen LogP contribution is -1.96. The van der Waals surface area contributed by atoms with Crippen LogP contribution in [0.5, 0.6) is 0 Å². The molecule has 2 rings (SSSR count). The van der Waals surface area contributed by atoms with E-state index < -0.39 is 0 Å². The van der Waals surface area contributed by atoms with E-state index in [1.165, 1.54) is 49.0 Å². The van der Waals surface area contributed by atoms with Gasteiger partial charge in [-0.25, -0.2) is 0 Å². The fourth-order valence-corrected chi connectivity index (χ4v) is 3.99. The maximum atomic E-state index is 10.3. The number of aryl methyl sites for hydroxylation is 2. The zero-order valence-electron chi connectivity index (χ0n) is 11.7. The number of rotatable bonds is 5. The normalized spacial score (nSPS) is 17.6.